The van der Waals surface area contributed by atoms with Crippen molar-refractivity contribution < 1.29 is 9.47 Å². The molecule has 2 aromatic rings. The van der Waals surface area contributed by atoms with E-state index in [2.05, 4.69) is 33.2 Å². The SMILES string of the molecule is CCNC(c1ccc(Br)cn1)c1ccc(OC)cc1OC. The Morgan fingerprint density at radius 3 is 2.57 bits per heavy atom. The summed E-state index contributed by atoms with van der Waals surface area (Å²) in [6.07, 6.45) is 1.80. The highest BCUT2D eigenvalue weighted by molar-refractivity contribution is 9.10. The van der Waals surface area contributed by atoms with Gasteiger partial charge in [-0.05, 0) is 46.7 Å². The molecule has 0 aliphatic carbocycles. The summed E-state index contributed by atoms with van der Waals surface area (Å²) in [5.41, 5.74) is 1.98. The van der Waals surface area contributed by atoms with E-state index in [0.29, 0.717) is 0 Å². The molecule has 0 aliphatic rings. The second-order valence-corrected chi connectivity index (χ2v) is 5.42. The monoisotopic (exact) mass is 350 g/mol. The summed E-state index contributed by atoms with van der Waals surface area (Å²) in [6.45, 7) is 2.90. The average Bonchev–Trinajstić information content (AvgIpc) is 2.53. The summed E-state index contributed by atoms with van der Waals surface area (Å²) in [5, 5.41) is 3.45. The number of ether oxygens (including phenoxy) is 2. The molecular weight excluding hydrogens is 332 g/mol. The van der Waals surface area contributed by atoms with Crippen molar-refractivity contribution in [3.05, 3.63) is 52.3 Å². The molecule has 112 valence electrons. The summed E-state index contributed by atoms with van der Waals surface area (Å²) >= 11 is 3.41. The molecule has 0 spiro atoms. The molecule has 1 heterocycles. The third-order valence-electron chi connectivity index (χ3n) is 3.21. The maximum absolute atomic E-state index is 5.50. The van der Waals surface area contributed by atoms with Gasteiger partial charge in [-0.1, -0.05) is 6.92 Å². The third-order valence-corrected chi connectivity index (χ3v) is 3.68. The number of hydrogen-bond donors (Lipinski definition) is 1. The van der Waals surface area contributed by atoms with E-state index in [1.165, 1.54) is 0 Å². The lowest BCUT2D eigenvalue weighted by Crippen LogP contribution is -2.23. The number of benzene rings is 1. The van der Waals surface area contributed by atoms with E-state index in [-0.39, 0.29) is 6.04 Å². The molecule has 5 heteroatoms. The van der Waals surface area contributed by atoms with Gasteiger partial charge in [-0.3, -0.25) is 4.98 Å². The van der Waals surface area contributed by atoms with E-state index in [0.717, 1.165) is 33.8 Å². The predicted molar refractivity (Wildman–Crippen MR) is 87.0 cm³/mol. The molecule has 1 aromatic carbocycles. The molecule has 4 nitrogen and oxygen atoms in total. The van der Waals surface area contributed by atoms with Gasteiger partial charge in [0.2, 0.25) is 0 Å². The molecule has 2 rings (SSSR count). The number of rotatable bonds is 6. The first-order chi connectivity index (χ1) is 10.2. The van der Waals surface area contributed by atoms with Crippen molar-refractivity contribution in [3.8, 4) is 11.5 Å². The molecule has 0 fully saturated rings. The van der Waals surface area contributed by atoms with Crippen molar-refractivity contribution in [2.24, 2.45) is 0 Å². The molecule has 1 unspecified atom stereocenters. The van der Waals surface area contributed by atoms with Crippen LogP contribution in [0, 0.1) is 0 Å². The van der Waals surface area contributed by atoms with E-state index in [1.807, 2.05) is 30.3 Å². The maximum atomic E-state index is 5.50. The molecule has 0 saturated carbocycles. The van der Waals surface area contributed by atoms with Crippen LogP contribution in [0.15, 0.2) is 41.0 Å². The van der Waals surface area contributed by atoms with Crippen molar-refractivity contribution in [1.29, 1.82) is 0 Å². The zero-order chi connectivity index (χ0) is 15.2. The first kappa shape index (κ1) is 15.8. The normalized spacial score (nSPS) is 12.0. The van der Waals surface area contributed by atoms with Gasteiger partial charge in [0.25, 0.3) is 0 Å². The van der Waals surface area contributed by atoms with Crippen molar-refractivity contribution >= 4 is 15.9 Å². The molecule has 0 aliphatic heterocycles. The van der Waals surface area contributed by atoms with Gasteiger partial charge in [0.15, 0.2) is 0 Å². The van der Waals surface area contributed by atoms with Crippen LogP contribution in [0.4, 0.5) is 0 Å². The Morgan fingerprint density at radius 1 is 1.19 bits per heavy atom. The van der Waals surface area contributed by atoms with E-state index in [4.69, 9.17) is 9.47 Å². The largest absolute Gasteiger partial charge is 0.497 e. The van der Waals surface area contributed by atoms with Crippen molar-refractivity contribution in [2.75, 3.05) is 20.8 Å². The number of halogens is 1. The van der Waals surface area contributed by atoms with Gasteiger partial charge in [0.05, 0.1) is 26.0 Å². The lowest BCUT2D eigenvalue weighted by Gasteiger charge is -2.21. The topological polar surface area (TPSA) is 43.4 Å². The fourth-order valence-electron chi connectivity index (χ4n) is 2.19. The van der Waals surface area contributed by atoms with Crippen LogP contribution in [0.2, 0.25) is 0 Å². The smallest absolute Gasteiger partial charge is 0.127 e. The van der Waals surface area contributed by atoms with Crippen LogP contribution in [0.5, 0.6) is 11.5 Å². The highest BCUT2D eigenvalue weighted by Gasteiger charge is 2.19. The molecule has 1 aromatic heterocycles. The standard InChI is InChI=1S/C16H19BrN2O2/c1-4-18-16(14-8-5-11(17)10-19-14)13-7-6-12(20-2)9-15(13)21-3/h5-10,16,18H,4H2,1-3H3. The summed E-state index contributed by atoms with van der Waals surface area (Å²) in [6, 6.07) is 9.79. The Morgan fingerprint density at radius 2 is 2.00 bits per heavy atom. The Labute approximate surface area is 133 Å². The third kappa shape index (κ3) is 3.74. The second-order valence-electron chi connectivity index (χ2n) is 4.50. The number of methoxy groups -OCH3 is 2. The maximum Gasteiger partial charge on any atom is 0.127 e. The summed E-state index contributed by atoms with van der Waals surface area (Å²) in [7, 11) is 3.31. The molecule has 0 amide bonds. The van der Waals surface area contributed by atoms with Crippen molar-refractivity contribution in [2.45, 2.75) is 13.0 Å². The number of hydrogen-bond acceptors (Lipinski definition) is 4. The van der Waals surface area contributed by atoms with Crippen LogP contribution >= 0.6 is 15.9 Å². The van der Waals surface area contributed by atoms with Crippen molar-refractivity contribution in [1.82, 2.24) is 10.3 Å². The Kier molecular flexibility index (Phi) is 5.59. The Hall–Kier alpha value is -1.59. The van der Waals surface area contributed by atoms with Gasteiger partial charge < -0.3 is 14.8 Å². The van der Waals surface area contributed by atoms with Crippen molar-refractivity contribution in [3.63, 3.8) is 0 Å². The lowest BCUT2D eigenvalue weighted by atomic mass is 10.0. The molecule has 0 bridgehead atoms. The van der Waals surface area contributed by atoms with Gasteiger partial charge >= 0.3 is 0 Å². The minimum atomic E-state index is -0.0241. The van der Waals surface area contributed by atoms with E-state index in [1.54, 1.807) is 20.4 Å². The zero-order valence-electron chi connectivity index (χ0n) is 12.4. The minimum absolute atomic E-state index is 0.0241. The second kappa shape index (κ2) is 7.43. The van der Waals surface area contributed by atoms with Crippen LogP contribution < -0.4 is 14.8 Å². The van der Waals surface area contributed by atoms with E-state index in [9.17, 15) is 0 Å². The molecule has 0 saturated heterocycles. The van der Waals surface area contributed by atoms with Gasteiger partial charge in [0, 0.05) is 22.3 Å². The number of pyridine rings is 1. The molecule has 21 heavy (non-hydrogen) atoms. The van der Waals surface area contributed by atoms with Gasteiger partial charge in [0.1, 0.15) is 11.5 Å². The molecule has 1 N–H and O–H groups in total. The highest BCUT2D eigenvalue weighted by Crippen LogP contribution is 2.32. The fraction of sp³-hybridized carbons (Fsp3) is 0.312. The van der Waals surface area contributed by atoms with Crippen LogP contribution in [0.1, 0.15) is 24.2 Å². The van der Waals surface area contributed by atoms with Crippen LogP contribution in [0.25, 0.3) is 0 Å². The molecule has 0 radical (unpaired) electrons. The average molecular weight is 351 g/mol. The number of nitrogens with one attached hydrogen (secondary N) is 1. The van der Waals surface area contributed by atoms with E-state index < -0.39 is 0 Å². The molecule has 1 atom stereocenters. The van der Waals surface area contributed by atoms with Gasteiger partial charge in [-0.15, -0.1) is 0 Å². The summed E-state index contributed by atoms with van der Waals surface area (Å²) in [4.78, 5) is 4.50. The first-order valence-corrected chi connectivity index (χ1v) is 7.55. The first-order valence-electron chi connectivity index (χ1n) is 6.76. The minimum Gasteiger partial charge on any atom is -0.497 e. The van der Waals surface area contributed by atoms with Gasteiger partial charge in [-0.2, -0.15) is 0 Å². The van der Waals surface area contributed by atoms with Gasteiger partial charge in [-0.25, -0.2) is 0 Å². The fourth-order valence-corrected chi connectivity index (χ4v) is 2.43. The van der Waals surface area contributed by atoms with Crippen LogP contribution in [-0.2, 0) is 0 Å². The Bertz CT molecular complexity index is 587. The van der Waals surface area contributed by atoms with Crippen LogP contribution in [-0.4, -0.2) is 25.7 Å². The lowest BCUT2D eigenvalue weighted by molar-refractivity contribution is 0.387. The Balaban J connectivity index is 2.44. The summed E-state index contributed by atoms with van der Waals surface area (Å²) in [5.74, 6) is 1.56. The highest BCUT2D eigenvalue weighted by atomic mass is 79.9. The predicted octanol–water partition coefficient (Wildman–Crippen LogP) is 3.56. The molecular formula is C16H19BrN2O2. The van der Waals surface area contributed by atoms with Crippen LogP contribution in [0.3, 0.4) is 0 Å². The quantitative estimate of drug-likeness (QED) is 0.864. The number of aromatic nitrogens is 1. The van der Waals surface area contributed by atoms with E-state index >= 15 is 0 Å². The number of nitrogens with zero attached hydrogens (tertiary/aromatic N) is 1. The summed E-state index contributed by atoms with van der Waals surface area (Å²) < 4.78 is 11.7. The zero-order valence-corrected chi connectivity index (χ0v) is 14.0.